The zero-order valence-electron chi connectivity index (χ0n) is 9.94. The highest BCUT2D eigenvalue weighted by Crippen LogP contribution is 2.23. The molecule has 1 heterocycles. The first-order valence-electron chi connectivity index (χ1n) is 6.07. The zero-order chi connectivity index (χ0) is 12.1. The van der Waals surface area contributed by atoms with Crippen LogP contribution in [-0.4, -0.2) is 37.7 Å². The summed E-state index contributed by atoms with van der Waals surface area (Å²) in [6.07, 6.45) is 0.934. The largest absolute Gasteiger partial charge is 0.379 e. The molecule has 1 aliphatic heterocycles. The van der Waals surface area contributed by atoms with E-state index in [9.17, 15) is 0 Å². The Labute approximate surface area is 107 Å². The van der Waals surface area contributed by atoms with Gasteiger partial charge >= 0.3 is 0 Å². The van der Waals surface area contributed by atoms with Gasteiger partial charge in [-0.25, -0.2) is 0 Å². The highest BCUT2D eigenvalue weighted by molar-refractivity contribution is 6.31. The molecule has 1 saturated heterocycles. The topological polar surface area (TPSA) is 38.5 Å². The number of halogens is 1. The normalized spacial score (nSPS) is 19.2. The van der Waals surface area contributed by atoms with Crippen LogP contribution >= 0.6 is 11.6 Å². The highest BCUT2D eigenvalue weighted by atomic mass is 35.5. The number of benzene rings is 1. The van der Waals surface area contributed by atoms with Crippen LogP contribution < -0.4 is 5.73 Å². The first-order chi connectivity index (χ1) is 8.27. The van der Waals surface area contributed by atoms with E-state index in [1.165, 1.54) is 0 Å². The average molecular weight is 255 g/mol. The number of nitrogens with two attached hydrogens (primary N) is 1. The first kappa shape index (κ1) is 12.8. The average Bonchev–Trinajstić information content (AvgIpc) is 2.38. The van der Waals surface area contributed by atoms with Gasteiger partial charge in [0, 0.05) is 30.7 Å². The Kier molecular flexibility index (Phi) is 4.80. The maximum Gasteiger partial charge on any atom is 0.0594 e. The van der Waals surface area contributed by atoms with Gasteiger partial charge in [0.1, 0.15) is 0 Å². The molecular weight excluding hydrogens is 236 g/mol. The van der Waals surface area contributed by atoms with Crippen molar-refractivity contribution in [3.63, 3.8) is 0 Å². The summed E-state index contributed by atoms with van der Waals surface area (Å²) in [4.78, 5) is 2.39. The summed E-state index contributed by atoms with van der Waals surface area (Å²) >= 11 is 6.13. The van der Waals surface area contributed by atoms with Crippen LogP contribution in [0.25, 0.3) is 0 Å². The highest BCUT2D eigenvalue weighted by Gasteiger charge is 2.14. The SMILES string of the molecule is NC(CCN1CCOCC1)c1ccccc1Cl. The smallest absolute Gasteiger partial charge is 0.0594 e. The standard InChI is InChI=1S/C13H19ClN2O/c14-12-4-2-1-3-11(12)13(15)5-6-16-7-9-17-10-8-16/h1-4,13H,5-10,15H2. The van der Waals surface area contributed by atoms with Gasteiger partial charge in [0.05, 0.1) is 13.2 Å². The maximum absolute atomic E-state index is 6.17. The molecule has 0 radical (unpaired) electrons. The van der Waals surface area contributed by atoms with Gasteiger partial charge < -0.3 is 10.5 Å². The Morgan fingerprint density at radius 1 is 1.29 bits per heavy atom. The molecule has 1 fully saturated rings. The third kappa shape index (κ3) is 3.68. The molecule has 0 saturated carbocycles. The molecule has 0 bridgehead atoms. The predicted molar refractivity (Wildman–Crippen MR) is 70.3 cm³/mol. The third-order valence-corrected chi connectivity index (χ3v) is 3.51. The van der Waals surface area contributed by atoms with Crippen LogP contribution in [0, 0.1) is 0 Å². The summed E-state index contributed by atoms with van der Waals surface area (Å²) in [5.41, 5.74) is 7.21. The monoisotopic (exact) mass is 254 g/mol. The molecule has 2 N–H and O–H groups in total. The Hall–Kier alpha value is -0.610. The van der Waals surface area contributed by atoms with Crippen molar-refractivity contribution in [3.05, 3.63) is 34.9 Å². The number of nitrogens with zero attached hydrogens (tertiary/aromatic N) is 1. The molecule has 17 heavy (non-hydrogen) atoms. The molecular formula is C13H19ClN2O. The second-order valence-corrected chi connectivity index (χ2v) is 4.78. The van der Waals surface area contributed by atoms with Gasteiger partial charge in [-0.3, -0.25) is 4.90 Å². The zero-order valence-corrected chi connectivity index (χ0v) is 10.7. The Morgan fingerprint density at radius 3 is 2.71 bits per heavy atom. The summed E-state index contributed by atoms with van der Waals surface area (Å²) < 4.78 is 5.32. The molecule has 0 spiro atoms. The summed E-state index contributed by atoms with van der Waals surface area (Å²) in [7, 11) is 0. The van der Waals surface area contributed by atoms with Gasteiger partial charge in [0.15, 0.2) is 0 Å². The number of hydrogen-bond donors (Lipinski definition) is 1. The molecule has 3 nitrogen and oxygen atoms in total. The van der Waals surface area contributed by atoms with Gasteiger partial charge in [-0.05, 0) is 18.1 Å². The lowest BCUT2D eigenvalue weighted by molar-refractivity contribution is 0.0366. The minimum atomic E-state index is 0.0199. The van der Waals surface area contributed by atoms with Crippen molar-refractivity contribution >= 4 is 11.6 Å². The molecule has 0 amide bonds. The Balaban J connectivity index is 1.84. The van der Waals surface area contributed by atoms with E-state index in [4.69, 9.17) is 22.1 Å². The van der Waals surface area contributed by atoms with E-state index in [1.54, 1.807) is 0 Å². The fraction of sp³-hybridized carbons (Fsp3) is 0.538. The molecule has 1 aliphatic rings. The number of rotatable bonds is 4. The van der Waals surface area contributed by atoms with Crippen LogP contribution in [0.2, 0.25) is 5.02 Å². The van der Waals surface area contributed by atoms with Gasteiger partial charge in [0.2, 0.25) is 0 Å². The summed E-state index contributed by atoms with van der Waals surface area (Å²) in [6, 6.07) is 7.83. The van der Waals surface area contributed by atoms with E-state index in [-0.39, 0.29) is 6.04 Å². The van der Waals surface area contributed by atoms with Crippen molar-refractivity contribution in [3.8, 4) is 0 Å². The van der Waals surface area contributed by atoms with Gasteiger partial charge in [-0.1, -0.05) is 29.8 Å². The minimum Gasteiger partial charge on any atom is -0.379 e. The summed E-state index contributed by atoms with van der Waals surface area (Å²) in [5.74, 6) is 0. The molecule has 1 aromatic carbocycles. The van der Waals surface area contributed by atoms with Crippen molar-refractivity contribution in [2.45, 2.75) is 12.5 Å². The lowest BCUT2D eigenvalue weighted by atomic mass is 10.0. The van der Waals surface area contributed by atoms with Crippen molar-refractivity contribution in [2.24, 2.45) is 5.73 Å². The lowest BCUT2D eigenvalue weighted by Crippen LogP contribution is -2.37. The Morgan fingerprint density at radius 2 is 2.00 bits per heavy atom. The van der Waals surface area contributed by atoms with Crippen molar-refractivity contribution in [1.82, 2.24) is 4.90 Å². The van der Waals surface area contributed by atoms with E-state index < -0.39 is 0 Å². The van der Waals surface area contributed by atoms with Gasteiger partial charge in [-0.15, -0.1) is 0 Å². The maximum atomic E-state index is 6.17. The first-order valence-corrected chi connectivity index (χ1v) is 6.45. The van der Waals surface area contributed by atoms with Crippen LogP contribution in [-0.2, 0) is 4.74 Å². The fourth-order valence-electron chi connectivity index (χ4n) is 2.08. The van der Waals surface area contributed by atoms with Crippen molar-refractivity contribution < 1.29 is 4.74 Å². The molecule has 94 valence electrons. The van der Waals surface area contributed by atoms with Crippen LogP contribution in [0.15, 0.2) is 24.3 Å². The van der Waals surface area contributed by atoms with E-state index in [0.717, 1.165) is 49.9 Å². The molecule has 2 rings (SSSR count). The third-order valence-electron chi connectivity index (χ3n) is 3.16. The molecule has 4 heteroatoms. The Bertz CT molecular complexity index is 353. The van der Waals surface area contributed by atoms with E-state index >= 15 is 0 Å². The number of ether oxygens (including phenoxy) is 1. The molecule has 1 aromatic rings. The second-order valence-electron chi connectivity index (χ2n) is 4.37. The quantitative estimate of drug-likeness (QED) is 0.894. The van der Waals surface area contributed by atoms with Crippen LogP contribution in [0.3, 0.4) is 0 Å². The van der Waals surface area contributed by atoms with E-state index in [2.05, 4.69) is 4.90 Å². The molecule has 1 unspecified atom stereocenters. The lowest BCUT2D eigenvalue weighted by Gasteiger charge is -2.27. The second kappa shape index (κ2) is 6.36. The van der Waals surface area contributed by atoms with Crippen LogP contribution in [0.1, 0.15) is 18.0 Å². The van der Waals surface area contributed by atoms with Gasteiger partial charge in [-0.2, -0.15) is 0 Å². The minimum absolute atomic E-state index is 0.0199. The molecule has 0 aliphatic carbocycles. The van der Waals surface area contributed by atoms with Crippen LogP contribution in [0.5, 0.6) is 0 Å². The number of morpholine rings is 1. The fourth-order valence-corrected chi connectivity index (χ4v) is 2.35. The predicted octanol–water partition coefficient (Wildman–Crippen LogP) is 2.06. The van der Waals surface area contributed by atoms with Gasteiger partial charge in [0.25, 0.3) is 0 Å². The van der Waals surface area contributed by atoms with Crippen LogP contribution in [0.4, 0.5) is 0 Å². The van der Waals surface area contributed by atoms with E-state index in [1.807, 2.05) is 24.3 Å². The number of hydrogen-bond acceptors (Lipinski definition) is 3. The van der Waals surface area contributed by atoms with E-state index in [0.29, 0.717) is 0 Å². The molecule has 1 atom stereocenters. The van der Waals surface area contributed by atoms with Crippen molar-refractivity contribution in [2.75, 3.05) is 32.8 Å². The summed E-state index contributed by atoms with van der Waals surface area (Å²) in [6.45, 7) is 4.70. The molecule has 0 aromatic heterocycles. The van der Waals surface area contributed by atoms with Crippen molar-refractivity contribution in [1.29, 1.82) is 0 Å². The summed E-state index contributed by atoms with van der Waals surface area (Å²) in [5, 5.41) is 0.766.